The molecule has 0 radical (unpaired) electrons. The van der Waals surface area contributed by atoms with Gasteiger partial charge in [0.15, 0.2) is 18.9 Å². The molecule has 4 saturated heterocycles. The molecule has 4 aliphatic heterocycles. The first-order valence-electron chi connectivity index (χ1n) is 43.7. The number of rotatable bonds is 67. The molecule has 4 fully saturated rings. The van der Waals surface area contributed by atoms with Crippen molar-refractivity contribution in [1.29, 1.82) is 0 Å². The van der Waals surface area contributed by atoms with E-state index in [-0.39, 0.29) is 211 Å². The smallest absolute Gasteiger partial charge is 0.327 e. The summed E-state index contributed by atoms with van der Waals surface area (Å²) in [6.07, 6.45) is -6.25. The van der Waals surface area contributed by atoms with E-state index >= 15 is 0 Å². The molecule has 4 heterocycles. The Morgan fingerprint density at radius 2 is 0.688 bits per heavy atom. The van der Waals surface area contributed by atoms with Crippen molar-refractivity contribution < 1.29 is 160 Å². The van der Waals surface area contributed by atoms with Gasteiger partial charge in [-0.2, -0.15) is 0 Å². The summed E-state index contributed by atoms with van der Waals surface area (Å²) in [5.41, 5.74) is -1.45. The fourth-order valence-electron chi connectivity index (χ4n) is 14.0. The van der Waals surface area contributed by atoms with Crippen LogP contribution in [0, 0.1) is 0 Å². The molecule has 20 N–H and O–H groups in total. The second-order valence-corrected chi connectivity index (χ2v) is 34.0. The predicted molar refractivity (Wildman–Crippen MR) is 443 cm³/mol. The molecule has 722 valence electrons. The number of carbonyl (C=O) groups is 11. The lowest BCUT2D eigenvalue weighted by Gasteiger charge is -2.42. The molecule has 0 aromatic rings. The van der Waals surface area contributed by atoms with Crippen LogP contribution in [0.1, 0.15) is 188 Å². The lowest BCUT2D eigenvalue weighted by molar-refractivity contribution is -0.270. The topological polar surface area (TPSA) is 632 Å². The van der Waals surface area contributed by atoms with Crippen LogP contribution < -0.4 is 53.2 Å². The van der Waals surface area contributed by atoms with Crippen molar-refractivity contribution >= 4 is 72.6 Å². The largest absolute Gasteiger partial charge is 0.394 e. The van der Waals surface area contributed by atoms with Crippen LogP contribution in [0.2, 0.25) is 0 Å². The second-order valence-electron chi connectivity index (χ2n) is 31.8. The Bertz CT molecular complexity index is 2980. The van der Waals surface area contributed by atoms with Crippen molar-refractivity contribution in [3.63, 3.8) is 0 Å². The third kappa shape index (κ3) is 45.1. The van der Waals surface area contributed by atoms with Crippen LogP contribution in [0.15, 0.2) is 0 Å². The van der Waals surface area contributed by atoms with E-state index in [1.807, 2.05) is 0 Å². The number of unbranched alkanes of at least 4 members (excludes halogenated alkanes) is 10. The van der Waals surface area contributed by atoms with Crippen LogP contribution in [0.25, 0.3) is 0 Å². The Balaban J connectivity index is 1.31. The minimum Gasteiger partial charge on any atom is -0.394 e. The van der Waals surface area contributed by atoms with Crippen LogP contribution in [0.5, 0.6) is 0 Å². The van der Waals surface area contributed by atoms with Crippen LogP contribution in [0.4, 0.5) is 0 Å². The summed E-state index contributed by atoms with van der Waals surface area (Å²) < 4.78 is 74.9. The summed E-state index contributed by atoms with van der Waals surface area (Å²) in [7, 11) is -2.00. The third-order valence-electron chi connectivity index (χ3n) is 21.0. The number of β-amino-alcohol motifs (C(OH)–C–C–N with tert-alkyl or cyclic N) is 1. The zero-order chi connectivity index (χ0) is 92.1. The molecule has 44 nitrogen and oxygen atoms in total. The van der Waals surface area contributed by atoms with Crippen LogP contribution in [-0.4, -0.2) is 376 Å². The van der Waals surface area contributed by atoms with E-state index in [0.29, 0.717) is 83.5 Å². The zero-order valence-corrected chi connectivity index (χ0v) is 74.0. The highest BCUT2D eigenvalue weighted by atomic mass is 31.2. The number of ether oxygens (including phenoxy) is 9. The summed E-state index contributed by atoms with van der Waals surface area (Å²) in [4.78, 5) is 142. The Kier molecular flexibility index (Phi) is 55.7. The highest BCUT2D eigenvalue weighted by molar-refractivity contribution is 7.52. The number of aliphatic hydroxyl groups is 10. The summed E-state index contributed by atoms with van der Waals surface area (Å²) in [6.45, 7) is 3.61. The van der Waals surface area contributed by atoms with Crippen molar-refractivity contribution in [2.75, 3.05) is 145 Å². The van der Waals surface area contributed by atoms with Gasteiger partial charge in [-0.05, 0) is 77.0 Å². The van der Waals surface area contributed by atoms with Gasteiger partial charge in [0.1, 0.15) is 78.6 Å². The Morgan fingerprint density at radius 3 is 1.00 bits per heavy atom. The van der Waals surface area contributed by atoms with Crippen molar-refractivity contribution in [2.24, 2.45) is 0 Å². The summed E-state index contributed by atoms with van der Waals surface area (Å²) in [6, 6.07) is -3.73. The number of nitrogens with one attached hydrogen (secondary N) is 10. The Morgan fingerprint density at radius 1 is 0.392 bits per heavy atom. The number of likely N-dealkylation sites (tertiary alicyclic amines) is 1. The van der Waals surface area contributed by atoms with Gasteiger partial charge in [0.2, 0.25) is 65.0 Å². The molecule has 0 bridgehead atoms. The third-order valence-corrected chi connectivity index (χ3v) is 22.3. The highest BCUT2D eigenvalue weighted by Crippen LogP contribution is 2.43. The highest BCUT2D eigenvalue weighted by Gasteiger charge is 2.48. The summed E-state index contributed by atoms with van der Waals surface area (Å²) in [5, 5.41) is 129. The number of amides is 11. The molecule has 0 aliphatic carbocycles. The molecule has 18 atom stereocenters. The van der Waals surface area contributed by atoms with Crippen LogP contribution >= 0.6 is 7.60 Å². The van der Waals surface area contributed by atoms with Crippen LogP contribution in [-0.2, 0) is 109 Å². The first-order chi connectivity index (χ1) is 59.8. The van der Waals surface area contributed by atoms with Gasteiger partial charge in [0, 0.05) is 152 Å². The average Bonchev–Trinajstić information content (AvgIpc) is 1.57. The van der Waals surface area contributed by atoms with Crippen molar-refractivity contribution in [1.82, 2.24) is 58.1 Å². The Labute approximate surface area is 730 Å². The molecule has 45 heteroatoms. The van der Waals surface area contributed by atoms with E-state index in [0.717, 1.165) is 32.1 Å². The minimum absolute atomic E-state index is 0.0130. The monoisotopic (exact) mass is 1820 g/mol. The van der Waals surface area contributed by atoms with Gasteiger partial charge in [-0.15, -0.1) is 0 Å². The maximum atomic E-state index is 14.1. The second kappa shape index (κ2) is 62.7. The number of carbonyl (C=O) groups excluding carboxylic acids is 11. The SMILES string of the molecule is COP(C)(=O)OC[C@@H]1C[C@@H](O)CN1C(=O)CCCCCCCCCCC(=O)NC(COCCC(=O)NCCCNC(=O)CCCCOC1OC(CO)C(O)C(O)C1NC(C)=O)(COCCC(=O)NCCCNC(=O)CCCCOC1OC(CO)C(O)C(O)C1NC(C)=O)COCCC(=O)NCCCNC(=O)CCCCOC1OC(CO)C(O)C(O)C1NC(C)=O. The molecule has 0 aromatic heterocycles. The molecule has 0 saturated carbocycles. The standard InChI is InChI=1S/C80H144N11O33P/c1-52(95)87-68-74(110)71(107)57(45-92)122-77(68)118-37-17-14-23-60(99)81-31-20-34-84-63(102)28-40-115-49-80(90-66(105)26-12-10-8-6-7-9-11-13-27-67(106)91-44-56(98)43-55(91)48-121-125(5,113)114-4,50-116-41-29-64(103)85-35-21-32-82-61(100)24-15-18-38-119-78-69(88-53(2)96)75(111)72(108)58(46-93)123-78)51-117-42-30-65(104)86-36-22-33-83-62(101)25-16-19-39-120-79-70(89-54(3)97)76(112)73(109)59(47-94)124-79/h55-59,68-79,92-94,98,107-112H,6-51H2,1-5H3,(H,81,99)(H,82,100)(H,83,101)(H,84,102)(H,85,103)(H,86,104)(H,87,95)(H,88,96)(H,89,97)(H,90,105)/t55-,56+,57?,58?,59?,68?,69?,70?,71?,72?,73?,74?,75?,76?,77?,78?,79?,80?,125?/m0/s1. The number of hydrogen-bond donors (Lipinski definition) is 20. The van der Waals surface area contributed by atoms with Gasteiger partial charge in [0.05, 0.1) is 78.2 Å². The van der Waals surface area contributed by atoms with Crippen molar-refractivity contribution in [2.45, 2.75) is 297 Å². The van der Waals surface area contributed by atoms with Gasteiger partial charge >= 0.3 is 7.60 Å². The summed E-state index contributed by atoms with van der Waals surface area (Å²) >= 11 is 0. The molecule has 0 aromatic carbocycles. The number of nitrogens with zero attached hydrogens (tertiary/aromatic N) is 1. The van der Waals surface area contributed by atoms with Gasteiger partial charge in [0.25, 0.3) is 0 Å². The molecule has 125 heavy (non-hydrogen) atoms. The molecule has 4 rings (SSSR count). The number of aliphatic hydroxyl groups excluding tert-OH is 10. The molecule has 4 aliphatic rings. The molecular formula is C80H144N11O33P. The van der Waals surface area contributed by atoms with E-state index in [2.05, 4.69) is 53.2 Å². The maximum absolute atomic E-state index is 14.1. The molecular weight excluding hydrogens is 1670 g/mol. The van der Waals surface area contributed by atoms with Crippen molar-refractivity contribution in [3.05, 3.63) is 0 Å². The first-order valence-corrected chi connectivity index (χ1v) is 45.7. The lowest BCUT2D eigenvalue weighted by Crippen LogP contribution is -2.64. The zero-order valence-electron chi connectivity index (χ0n) is 73.1. The first kappa shape index (κ1) is 111. The summed E-state index contributed by atoms with van der Waals surface area (Å²) in [5.74, 6) is -3.94. The van der Waals surface area contributed by atoms with Crippen molar-refractivity contribution in [3.8, 4) is 0 Å². The molecule has 0 spiro atoms. The van der Waals surface area contributed by atoms with E-state index in [1.165, 1.54) is 34.5 Å². The Hall–Kier alpha value is -6.44. The number of hydrogen-bond acceptors (Lipinski definition) is 33. The van der Waals surface area contributed by atoms with Gasteiger partial charge in [-0.3, -0.25) is 57.3 Å². The molecule has 16 unspecified atom stereocenters. The van der Waals surface area contributed by atoms with Gasteiger partial charge < -0.3 is 161 Å². The lowest BCUT2D eigenvalue weighted by atomic mass is 9.97. The fourth-order valence-corrected chi connectivity index (χ4v) is 14.6. The normalized spacial score (nSPS) is 25.2. The van der Waals surface area contributed by atoms with E-state index < -0.39 is 155 Å². The minimum atomic E-state index is -3.28. The molecule has 11 amide bonds. The van der Waals surface area contributed by atoms with Crippen LogP contribution in [0.3, 0.4) is 0 Å². The predicted octanol–water partition coefficient (Wildman–Crippen LogP) is -4.33. The van der Waals surface area contributed by atoms with Gasteiger partial charge in [-0.1, -0.05) is 38.5 Å². The quantitative estimate of drug-likeness (QED) is 0.0202. The van der Waals surface area contributed by atoms with E-state index in [4.69, 9.17) is 51.7 Å². The average molecular weight is 1820 g/mol. The van der Waals surface area contributed by atoms with Gasteiger partial charge in [-0.25, -0.2) is 0 Å². The maximum Gasteiger partial charge on any atom is 0.327 e. The van der Waals surface area contributed by atoms with E-state index in [9.17, 15) is 108 Å². The fraction of sp³-hybridized carbons (Fsp3) is 0.863. The van der Waals surface area contributed by atoms with E-state index in [1.54, 1.807) is 4.90 Å².